The first-order valence-corrected chi connectivity index (χ1v) is 14.3. The molecule has 0 radical (unpaired) electrons. The number of amides is 2. The van der Waals surface area contributed by atoms with Crippen molar-refractivity contribution in [3.8, 4) is 0 Å². The Bertz CT molecular complexity index is 1510. The highest BCUT2D eigenvalue weighted by Gasteiger charge is 2.35. The molecule has 2 aromatic heterocycles. The lowest BCUT2D eigenvalue weighted by molar-refractivity contribution is -0.127. The lowest BCUT2D eigenvalue weighted by Gasteiger charge is -2.31. The standard InChI is InChI=1S/C25H26N6O4S2/c26-37(34,35)19-13-11-18(12-14-19)31(23(32)16-30-21-9-4-3-8-20(21)28-29-30)24(22-10-5-15-36-22)25(33)27-17-6-1-2-7-17/h3-5,8-15,17,24H,1-2,6-7,16H2,(H,27,33)(H2,26,34,35). The number of benzene rings is 2. The SMILES string of the molecule is NS(=O)(=O)c1ccc(N(C(=O)Cn2nnc3ccccc32)C(C(=O)NC2CCCC2)c2cccs2)cc1. The average Bonchev–Trinajstić information content (AvgIpc) is 3.65. The van der Waals surface area contributed by atoms with Crippen molar-refractivity contribution in [2.45, 2.75) is 49.2 Å². The predicted molar refractivity (Wildman–Crippen MR) is 140 cm³/mol. The number of para-hydroxylation sites is 1. The molecule has 4 aromatic rings. The highest BCUT2D eigenvalue weighted by atomic mass is 32.2. The average molecular weight is 539 g/mol. The smallest absolute Gasteiger partial charge is 0.249 e. The minimum absolute atomic E-state index is 0.0518. The minimum atomic E-state index is -3.93. The topological polar surface area (TPSA) is 140 Å². The molecule has 0 aliphatic heterocycles. The first-order valence-electron chi connectivity index (χ1n) is 11.9. The van der Waals surface area contributed by atoms with Gasteiger partial charge in [0, 0.05) is 16.6 Å². The zero-order chi connectivity index (χ0) is 26.0. The first-order chi connectivity index (χ1) is 17.8. The second kappa shape index (κ2) is 10.4. The normalized spacial score (nSPS) is 15.1. The van der Waals surface area contributed by atoms with Gasteiger partial charge in [-0.15, -0.1) is 16.4 Å². The molecule has 1 unspecified atom stereocenters. The molecule has 1 saturated carbocycles. The third-order valence-electron chi connectivity index (χ3n) is 6.44. The monoisotopic (exact) mass is 538 g/mol. The molecule has 2 aromatic carbocycles. The number of fused-ring (bicyclic) bond motifs is 1. The van der Waals surface area contributed by atoms with Gasteiger partial charge in [0.05, 0.1) is 10.4 Å². The van der Waals surface area contributed by atoms with E-state index in [1.807, 2.05) is 35.7 Å². The zero-order valence-corrected chi connectivity index (χ0v) is 21.5. The van der Waals surface area contributed by atoms with Crippen LogP contribution in [0.5, 0.6) is 0 Å². The number of nitrogens with zero attached hydrogens (tertiary/aromatic N) is 4. The van der Waals surface area contributed by atoms with E-state index in [1.165, 1.54) is 45.2 Å². The molecule has 12 heteroatoms. The first kappa shape index (κ1) is 25.1. The number of nitrogens with two attached hydrogens (primary N) is 1. The van der Waals surface area contributed by atoms with Crippen LogP contribution in [0.25, 0.3) is 11.0 Å². The van der Waals surface area contributed by atoms with Crippen LogP contribution in [0.3, 0.4) is 0 Å². The van der Waals surface area contributed by atoms with Crippen LogP contribution in [0.15, 0.2) is 70.9 Å². The summed E-state index contributed by atoms with van der Waals surface area (Å²) in [4.78, 5) is 29.6. The van der Waals surface area contributed by atoms with E-state index < -0.39 is 22.0 Å². The van der Waals surface area contributed by atoms with Crippen molar-refractivity contribution in [3.63, 3.8) is 0 Å². The van der Waals surface area contributed by atoms with Crippen LogP contribution in [0.4, 0.5) is 5.69 Å². The lowest BCUT2D eigenvalue weighted by Crippen LogP contribution is -2.47. The van der Waals surface area contributed by atoms with Gasteiger partial charge in [-0.25, -0.2) is 18.2 Å². The Hall–Kier alpha value is -3.61. The van der Waals surface area contributed by atoms with Crippen LogP contribution >= 0.6 is 11.3 Å². The van der Waals surface area contributed by atoms with Crippen molar-refractivity contribution in [1.29, 1.82) is 0 Å². The molecule has 2 heterocycles. The van der Waals surface area contributed by atoms with Gasteiger partial charge in [-0.05, 0) is 60.7 Å². The van der Waals surface area contributed by atoms with E-state index in [2.05, 4.69) is 15.6 Å². The molecule has 0 spiro atoms. The fourth-order valence-corrected chi connectivity index (χ4v) is 5.97. The third-order valence-corrected chi connectivity index (χ3v) is 8.29. The number of carbonyl (C=O) groups excluding carboxylic acids is 2. The summed E-state index contributed by atoms with van der Waals surface area (Å²) >= 11 is 1.37. The molecule has 2 amide bonds. The Labute approximate surface area is 218 Å². The van der Waals surface area contributed by atoms with Gasteiger partial charge in [-0.3, -0.25) is 14.5 Å². The van der Waals surface area contributed by atoms with E-state index in [-0.39, 0.29) is 23.4 Å². The Morgan fingerprint density at radius 3 is 2.49 bits per heavy atom. The van der Waals surface area contributed by atoms with Gasteiger partial charge >= 0.3 is 0 Å². The van der Waals surface area contributed by atoms with Gasteiger partial charge in [-0.1, -0.05) is 36.3 Å². The third kappa shape index (κ3) is 5.41. The van der Waals surface area contributed by atoms with Crippen molar-refractivity contribution in [2.75, 3.05) is 4.90 Å². The van der Waals surface area contributed by atoms with E-state index in [0.717, 1.165) is 25.7 Å². The van der Waals surface area contributed by atoms with Crippen LogP contribution in [-0.2, 0) is 26.2 Å². The van der Waals surface area contributed by atoms with Crippen LogP contribution in [-0.4, -0.2) is 41.3 Å². The molecular formula is C25H26N6O4S2. The van der Waals surface area contributed by atoms with E-state index in [4.69, 9.17) is 5.14 Å². The van der Waals surface area contributed by atoms with E-state index in [0.29, 0.717) is 21.6 Å². The lowest BCUT2D eigenvalue weighted by atomic mass is 10.1. The van der Waals surface area contributed by atoms with Crippen LogP contribution < -0.4 is 15.4 Å². The second-order valence-corrected chi connectivity index (χ2v) is 11.5. The van der Waals surface area contributed by atoms with Gasteiger partial charge in [0.2, 0.25) is 21.8 Å². The summed E-state index contributed by atoms with van der Waals surface area (Å²) in [5.41, 5.74) is 1.69. The molecular weight excluding hydrogens is 512 g/mol. The number of rotatable bonds is 8. The molecule has 0 saturated heterocycles. The number of primary sulfonamides is 1. The largest absolute Gasteiger partial charge is 0.351 e. The maximum atomic E-state index is 13.9. The molecule has 192 valence electrons. The van der Waals surface area contributed by atoms with Crippen LogP contribution in [0.1, 0.15) is 36.6 Å². The number of hydrogen-bond donors (Lipinski definition) is 2. The number of carbonyl (C=O) groups is 2. The highest BCUT2D eigenvalue weighted by Crippen LogP contribution is 2.32. The summed E-state index contributed by atoms with van der Waals surface area (Å²) in [5, 5.41) is 18.5. The Morgan fingerprint density at radius 2 is 1.81 bits per heavy atom. The van der Waals surface area contributed by atoms with Gasteiger partial charge in [0.25, 0.3) is 0 Å². The number of anilines is 1. The number of thiophene rings is 1. The number of nitrogens with one attached hydrogen (secondary N) is 1. The maximum absolute atomic E-state index is 13.9. The second-order valence-electron chi connectivity index (χ2n) is 8.95. The fourth-order valence-electron chi connectivity index (χ4n) is 4.64. The molecule has 1 aliphatic carbocycles. The van der Waals surface area contributed by atoms with Gasteiger partial charge in [0.1, 0.15) is 18.1 Å². The highest BCUT2D eigenvalue weighted by molar-refractivity contribution is 7.89. The molecule has 1 atom stereocenters. The maximum Gasteiger partial charge on any atom is 0.249 e. The van der Waals surface area contributed by atoms with Crippen molar-refractivity contribution in [3.05, 3.63) is 70.9 Å². The summed E-state index contributed by atoms with van der Waals surface area (Å²) < 4.78 is 25.1. The van der Waals surface area contributed by atoms with Gasteiger partial charge < -0.3 is 5.32 Å². The molecule has 1 aliphatic rings. The summed E-state index contributed by atoms with van der Waals surface area (Å²) in [5.74, 6) is -0.694. The quantitative estimate of drug-likeness (QED) is 0.353. The van der Waals surface area contributed by atoms with E-state index in [9.17, 15) is 18.0 Å². The molecule has 0 bridgehead atoms. The number of hydrogen-bond acceptors (Lipinski definition) is 7. The van der Waals surface area contributed by atoms with Crippen molar-refractivity contribution in [2.24, 2.45) is 5.14 Å². The van der Waals surface area contributed by atoms with Crippen LogP contribution in [0, 0.1) is 0 Å². The fraction of sp³-hybridized carbons (Fsp3) is 0.280. The summed E-state index contributed by atoms with van der Waals surface area (Å²) in [6.07, 6.45) is 3.88. The van der Waals surface area contributed by atoms with Crippen molar-refractivity contribution in [1.82, 2.24) is 20.3 Å². The van der Waals surface area contributed by atoms with E-state index in [1.54, 1.807) is 6.07 Å². The van der Waals surface area contributed by atoms with E-state index >= 15 is 0 Å². The molecule has 10 nitrogen and oxygen atoms in total. The summed E-state index contributed by atoms with van der Waals surface area (Å²) in [7, 11) is -3.93. The summed E-state index contributed by atoms with van der Waals surface area (Å²) in [6, 6.07) is 15.7. The Balaban J connectivity index is 1.56. The predicted octanol–water partition coefficient (Wildman–Crippen LogP) is 2.97. The Kier molecular flexibility index (Phi) is 7.04. The minimum Gasteiger partial charge on any atom is -0.351 e. The molecule has 3 N–H and O–H groups in total. The zero-order valence-electron chi connectivity index (χ0n) is 19.9. The van der Waals surface area contributed by atoms with Crippen molar-refractivity contribution < 1.29 is 18.0 Å². The number of sulfonamides is 1. The molecule has 37 heavy (non-hydrogen) atoms. The van der Waals surface area contributed by atoms with Crippen molar-refractivity contribution >= 4 is 49.9 Å². The molecule has 1 fully saturated rings. The summed E-state index contributed by atoms with van der Waals surface area (Å²) in [6.45, 7) is -0.171. The molecule has 5 rings (SSSR count). The van der Waals surface area contributed by atoms with Gasteiger partial charge in [0.15, 0.2) is 0 Å². The number of aromatic nitrogens is 3. The Morgan fingerprint density at radius 1 is 1.08 bits per heavy atom. The van der Waals surface area contributed by atoms with Crippen LogP contribution in [0.2, 0.25) is 0 Å². The van der Waals surface area contributed by atoms with Gasteiger partial charge in [-0.2, -0.15) is 0 Å².